The maximum atomic E-state index is 12.2. The highest BCUT2D eigenvalue weighted by atomic mass is 19.4. The number of hydrogen-bond donors (Lipinski definition) is 0. The van der Waals surface area contributed by atoms with E-state index in [1.807, 2.05) is 0 Å². The smallest absolute Gasteiger partial charge is 0.487 e. The average Bonchev–Trinajstić information content (AvgIpc) is 2.51. The summed E-state index contributed by atoms with van der Waals surface area (Å²) in [5, 5.41) is 0. The highest BCUT2D eigenvalue weighted by Gasteiger charge is 2.42. The molecule has 0 aliphatic rings. The molecule has 0 aliphatic heterocycles. The first kappa shape index (κ1) is 18.8. The molecule has 0 aliphatic carbocycles. The zero-order chi connectivity index (χ0) is 17.5. The molecule has 0 saturated heterocycles. The van der Waals surface area contributed by atoms with Crippen LogP contribution in [0.2, 0.25) is 0 Å². The van der Waals surface area contributed by atoms with E-state index in [2.05, 4.69) is 9.47 Å². The van der Waals surface area contributed by atoms with E-state index in [-0.39, 0.29) is 17.9 Å². The van der Waals surface area contributed by atoms with Crippen LogP contribution in [-0.4, -0.2) is 44.7 Å². The van der Waals surface area contributed by atoms with Crippen LogP contribution in [-0.2, 0) is 19.0 Å². The van der Waals surface area contributed by atoms with E-state index in [9.17, 15) is 22.8 Å². The molecule has 6 nitrogen and oxygen atoms in total. The molecule has 23 heavy (non-hydrogen) atoms. The fourth-order valence-corrected chi connectivity index (χ4v) is 1.46. The fraction of sp³-hybridized carbons (Fsp3) is 0.429. The zero-order valence-electron chi connectivity index (χ0n) is 12.4. The summed E-state index contributed by atoms with van der Waals surface area (Å²) < 4.78 is 55.2. The Morgan fingerprint density at radius 2 is 1.78 bits per heavy atom. The van der Waals surface area contributed by atoms with Gasteiger partial charge in [-0.3, -0.25) is 0 Å². The highest BCUT2D eigenvalue weighted by molar-refractivity contribution is 5.89. The lowest BCUT2D eigenvalue weighted by Gasteiger charge is -2.18. The molecule has 0 bridgehead atoms. The van der Waals surface area contributed by atoms with E-state index in [0.29, 0.717) is 0 Å². The molecule has 1 atom stereocenters. The van der Waals surface area contributed by atoms with Crippen molar-refractivity contribution in [2.24, 2.45) is 0 Å². The van der Waals surface area contributed by atoms with Gasteiger partial charge in [0.1, 0.15) is 5.75 Å². The molecule has 0 radical (unpaired) electrons. The Bertz CT molecular complexity index is 526. The van der Waals surface area contributed by atoms with Crippen molar-refractivity contribution in [2.45, 2.75) is 19.4 Å². The van der Waals surface area contributed by atoms with Crippen LogP contribution in [0.15, 0.2) is 24.3 Å². The van der Waals surface area contributed by atoms with Gasteiger partial charge in [-0.25, -0.2) is 9.59 Å². The Hall–Kier alpha value is -2.29. The molecular formula is C14H15F3O6. The van der Waals surface area contributed by atoms with Gasteiger partial charge in [-0.05, 0) is 31.2 Å². The molecule has 1 aromatic rings. The van der Waals surface area contributed by atoms with Gasteiger partial charge in [-0.1, -0.05) is 0 Å². The highest BCUT2D eigenvalue weighted by Crippen LogP contribution is 2.19. The third kappa shape index (κ3) is 6.15. The molecule has 9 heteroatoms. The van der Waals surface area contributed by atoms with Crippen molar-refractivity contribution in [3.05, 3.63) is 29.8 Å². The number of carbonyl (C=O) groups excluding carboxylic acids is 2. The van der Waals surface area contributed by atoms with Crippen LogP contribution in [0.25, 0.3) is 0 Å². The third-order valence-electron chi connectivity index (χ3n) is 2.48. The lowest BCUT2D eigenvalue weighted by atomic mass is 10.2. The normalized spacial score (nSPS) is 12.4. The van der Waals surface area contributed by atoms with Gasteiger partial charge in [0.25, 0.3) is 0 Å². The van der Waals surface area contributed by atoms with E-state index in [1.54, 1.807) is 0 Å². The van der Waals surface area contributed by atoms with Gasteiger partial charge in [0.05, 0.1) is 12.7 Å². The lowest BCUT2D eigenvalue weighted by Crippen LogP contribution is -2.34. The van der Waals surface area contributed by atoms with Gasteiger partial charge in [0, 0.05) is 6.61 Å². The van der Waals surface area contributed by atoms with E-state index < -0.39 is 31.0 Å². The maximum absolute atomic E-state index is 12.2. The zero-order valence-corrected chi connectivity index (χ0v) is 12.4. The van der Waals surface area contributed by atoms with Gasteiger partial charge in [-0.15, -0.1) is 0 Å². The summed E-state index contributed by atoms with van der Waals surface area (Å²) in [6.45, 7) is 1.12. The lowest BCUT2D eigenvalue weighted by molar-refractivity contribution is -0.228. The Morgan fingerprint density at radius 3 is 2.26 bits per heavy atom. The van der Waals surface area contributed by atoms with Crippen LogP contribution < -0.4 is 4.74 Å². The first-order chi connectivity index (χ1) is 10.8. The molecule has 1 rings (SSSR count). The van der Waals surface area contributed by atoms with E-state index in [0.717, 1.165) is 0 Å². The first-order valence-corrected chi connectivity index (χ1v) is 6.48. The second kappa shape index (κ2) is 8.37. The van der Waals surface area contributed by atoms with E-state index in [4.69, 9.17) is 9.47 Å². The molecule has 0 spiro atoms. The topological polar surface area (TPSA) is 71.1 Å². The van der Waals surface area contributed by atoms with Crippen molar-refractivity contribution in [3.63, 3.8) is 0 Å². The second-order valence-corrected chi connectivity index (χ2v) is 4.11. The van der Waals surface area contributed by atoms with Gasteiger partial charge >= 0.3 is 18.1 Å². The predicted molar refractivity (Wildman–Crippen MR) is 70.8 cm³/mol. The SMILES string of the molecule is CCOC(COc1ccc(C(=O)OC)cc1)OC(=O)C(F)(F)F. The standard InChI is InChI=1S/C14H15F3O6/c1-3-21-11(23-13(19)14(15,16)17)8-22-10-6-4-9(5-7-10)12(18)20-2/h4-7,11H,3,8H2,1-2H3. The number of hydrogen-bond acceptors (Lipinski definition) is 6. The molecule has 0 saturated carbocycles. The quantitative estimate of drug-likeness (QED) is 0.562. The summed E-state index contributed by atoms with van der Waals surface area (Å²) >= 11 is 0. The number of alkyl halides is 3. The molecule has 0 N–H and O–H groups in total. The minimum atomic E-state index is -5.11. The summed E-state index contributed by atoms with van der Waals surface area (Å²) in [6, 6.07) is 5.67. The molecule has 0 amide bonds. The van der Waals surface area contributed by atoms with Crippen molar-refractivity contribution in [2.75, 3.05) is 20.3 Å². The largest absolute Gasteiger partial charge is 0.491 e. The van der Waals surface area contributed by atoms with Crippen LogP contribution in [0.1, 0.15) is 17.3 Å². The van der Waals surface area contributed by atoms with E-state index >= 15 is 0 Å². The summed E-state index contributed by atoms with van der Waals surface area (Å²) in [4.78, 5) is 22.0. The van der Waals surface area contributed by atoms with Crippen molar-refractivity contribution in [3.8, 4) is 5.75 Å². The Labute approximate surface area is 130 Å². The van der Waals surface area contributed by atoms with Gasteiger partial charge in [0.15, 0.2) is 6.61 Å². The summed E-state index contributed by atoms with van der Waals surface area (Å²) in [5.41, 5.74) is 0.282. The molecule has 0 heterocycles. The van der Waals surface area contributed by atoms with Crippen molar-refractivity contribution >= 4 is 11.9 Å². The summed E-state index contributed by atoms with van der Waals surface area (Å²) in [7, 11) is 1.23. The van der Waals surface area contributed by atoms with Crippen molar-refractivity contribution < 1.29 is 41.7 Å². The number of rotatable bonds is 7. The molecule has 1 aromatic carbocycles. The predicted octanol–water partition coefficient (Wildman–Crippen LogP) is 2.32. The Balaban J connectivity index is 2.61. The number of esters is 2. The fourth-order valence-electron chi connectivity index (χ4n) is 1.46. The molecule has 1 unspecified atom stereocenters. The second-order valence-electron chi connectivity index (χ2n) is 4.11. The number of carbonyl (C=O) groups is 2. The minimum Gasteiger partial charge on any atom is -0.487 e. The molecular weight excluding hydrogens is 321 g/mol. The van der Waals surface area contributed by atoms with Crippen molar-refractivity contribution in [1.29, 1.82) is 0 Å². The van der Waals surface area contributed by atoms with Crippen LogP contribution in [0.5, 0.6) is 5.75 Å². The Kier molecular flexibility index (Phi) is 6.83. The first-order valence-electron chi connectivity index (χ1n) is 6.48. The summed E-state index contributed by atoms with van der Waals surface area (Å²) in [5.74, 6) is -2.64. The monoisotopic (exact) mass is 336 g/mol. The third-order valence-corrected chi connectivity index (χ3v) is 2.48. The Morgan fingerprint density at radius 1 is 1.17 bits per heavy atom. The molecule has 0 aromatic heterocycles. The number of methoxy groups -OCH3 is 1. The number of halogens is 3. The number of benzene rings is 1. The molecule has 0 fully saturated rings. The van der Waals surface area contributed by atoms with Crippen LogP contribution in [0, 0.1) is 0 Å². The van der Waals surface area contributed by atoms with Gasteiger partial charge < -0.3 is 18.9 Å². The maximum Gasteiger partial charge on any atom is 0.491 e. The van der Waals surface area contributed by atoms with Gasteiger partial charge in [0.2, 0.25) is 6.29 Å². The number of ether oxygens (including phenoxy) is 4. The van der Waals surface area contributed by atoms with Crippen molar-refractivity contribution in [1.82, 2.24) is 0 Å². The van der Waals surface area contributed by atoms with Crippen LogP contribution in [0.3, 0.4) is 0 Å². The van der Waals surface area contributed by atoms with Gasteiger partial charge in [-0.2, -0.15) is 13.2 Å². The average molecular weight is 336 g/mol. The molecule has 128 valence electrons. The van der Waals surface area contributed by atoms with E-state index in [1.165, 1.54) is 38.3 Å². The van der Waals surface area contributed by atoms with Crippen LogP contribution in [0.4, 0.5) is 13.2 Å². The minimum absolute atomic E-state index is 0.0282. The summed E-state index contributed by atoms with van der Waals surface area (Å²) in [6.07, 6.45) is -6.62. The van der Waals surface area contributed by atoms with Crippen LogP contribution >= 0.6 is 0 Å².